The fourth-order valence-electron chi connectivity index (χ4n) is 3.60. The van der Waals surface area contributed by atoms with E-state index in [1.807, 2.05) is 24.5 Å². The molecule has 0 unspecified atom stereocenters. The van der Waals surface area contributed by atoms with E-state index in [2.05, 4.69) is 77.9 Å². The molecule has 0 aliphatic carbocycles. The molecule has 4 heteroatoms. The number of hydrogen-bond donors (Lipinski definition) is 1. The van der Waals surface area contributed by atoms with Crippen molar-refractivity contribution in [1.29, 1.82) is 0 Å². The summed E-state index contributed by atoms with van der Waals surface area (Å²) in [6.45, 7) is 2.19. The number of nitrogens with one attached hydrogen (secondary N) is 1. The van der Waals surface area contributed by atoms with Crippen molar-refractivity contribution in [3.05, 3.63) is 90.8 Å². The second-order valence-electron chi connectivity index (χ2n) is 6.87. The van der Waals surface area contributed by atoms with Gasteiger partial charge in [0.15, 0.2) is 5.13 Å². The lowest BCUT2D eigenvalue weighted by atomic mass is 10.00. The summed E-state index contributed by atoms with van der Waals surface area (Å²) in [5.74, 6) is 0. The van der Waals surface area contributed by atoms with Gasteiger partial charge in [0.25, 0.3) is 0 Å². The highest BCUT2D eigenvalue weighted by molar-refractivity contribution is 7.22. The summed E-state index contributed by atoms with van der Waals surface area (Å²) in [5.41, 5.74) is 4.67. The van der Waals surface area contributed by atoms with E-state index in [9.17, 15) is 0 Å². The topological polar surface area (TPSA) is 37.8 Å². The van der Waals surface area contributed by atoms with Crippen LogP contribution in [0.2, 0.25) is 0 Å². The molecule has 5 rings (SSSR count). The van der Waals surface area contributed by atoms with Crippen LogP contribution < -0.4 is 5.32 Å². The summed E-state index contributed by atoms with van der Waals surface area (Å²) < 4.78 is 1.18. The molecule has 0 spiro atoms. The molecule has 3 nitrogen and oxygen atoms in total. The quantitative estimate of drug-likeness (QED) is 0.377. The SMILES string of the molecule is C[C@H](Nc1nc2ccc(-c3ccncc3)cc2s1)c1cccc2ccccc12. The normalized spacial score (nSPS) is 12.3. The van der Waals surface area contributed by atoms with Gasteiger partial charge in [0.1, 0.15) is 0 Å². The van der Waals surface area contributed by atoms with E-state index in [1.165, 1.54) is 32.2 Å². The third kappa shape index (κ3) is 3.12. The van der Waals surface area contributed by atoms with E-state index in [4.69, 9.17) is 4.98 Å². The first-order valence-corrected chi connectivity index (χ1v) is 10.1. The molecule has 1 N–H and O–H groups in total. The van der Waals surface area contributed by atoms with Gasteiger partial charge in [0.05, 0.1) is 16.3 Å². The van der Waals surface area contributed by atoms with Crippen molar-refractivity contribution in [1.82, 2.24) is 9.97 Å². The van der Waals surface area contributed by atoms with Gasteiger partial charge in [-0.3, -0.25) is 4.98 Å². The first-order valence-electron chi connectivity index (χ1n) is 9.33. The highest BCUT2D eigenvalue weighted by Crippen LogP contribution is 2.33. The molecular formula is C24H19N3S. The van der Waals surface area contributed by atoms with Crippen LogP contribution in [0.5, 0.6) is 0 Å². The minimum absolute atomic E-state index is 0.173. The Bertz CT molecular complexity index is 1260. The Morgan fingerprint density at radius 3 is 2.57 bits per heavy atom. The van der Waals surface area contributed by atoms with Crippen LogP contribution >= 0.6 is 11.3 Å². The molecule has 28 heavy (non-hydrogen) atoms. The van der Waals surface area contributed by atoms with Crippen LogP contribution in [-0.4, -0.2) is 9.97 Å². The average molecular weight is 382 g/mol. The molecule has 0 amide bonds. The van der Waals surface area contributed by atoms with Crippen molar-refractivity contribution in [2.75, 3.05) is 5.32 Å². The fraction of sp³-hybridized carbons (Fsp3) is 0.0833. The first kappa shape index (κ1) is 16.9. The maximum Gasteiger partial charge on any atom is 0.184 e. The number of hydrogen-bond acceptors (Lipinski definition) is 4. The van der Waals surface area contributed by atoms with E-state index in [-0.39, 0.29) is 6.04 Å². The Kier molecular flexibility index (Phi) is 4.26. The summed E-state index contributed by atoms with van der Waals surface area (Å²) >= 11 is 1.70. The smallest absolute Gasteiger partial charge is 0.184 e. The van der Waals surface area contributed by atoms with E-state index in [1.54, 1.807) is 11.3 Å². The molecule has 0 radical (unpaired) electrons. The molecule has 3 aromatic carbocycles. The number of benzene rings is 3. The number of thiazole rings is 1. The van der Waals surface area contributed by atoms with Gasteiger partial charge in [-0.05, 0) is 58.7 Å². The second kappa shape index (κ2) is 7.06. The Hall–Kier alpha value is -3.24. The molecule has 136 valence electrons. The standard InChI is InChI=1S/C24H19N3S/c1-16(20-8-4-6-18-5-2-3-7-21(18)20)26-24-27-22-10-9-19(15-23(22)28-24)17-11-13-25-14-12-17/h2-16H,1H3,(H,26,27)/t16-/m0/s1. The molecule has 2 heterocycles. The molecule has 0 aliphatic rings. The fourth-order valence-corrected chi connectivity index (χ4v) is 4.59. The van der Waals surface area contributed by atoms with Crippen LogP contribution in [0.25, 0.3) is 32.1 Å². The lowest BCUT2D eigenvalue weighted by Gasteiger charge is -2.15. The molecule has 0 aliphatic heterocycles. The maximum atomic E-state index is 4.79. The lowest BCUT2D eigenvalue weighted by molar-refractivity contribution is 0.892. The van der Waals surface area contributed by atoms with E-state index in [0.29, 0.717) is 0 Å². The molecule has 0 saturated carbocycles. The van der Waals surface area contributed by atoms with Gasteiger partial charge in [-0.1, -0.05) is 59.9 Å². The average Bonchev–Trinajstić information content (AvgIpc) is 3.15. The number of anilines is 1. The monoisotopic (exact) mass is 381 g/mol. The highest BCUT2D eigenvalue weighted by Gasteiger charge is 2.12. The number of fused-ring (bicyclic) bond motifs is 2. The zero-order valence-corrected chi connectivity index (χ0v) is 16.3. The summed E-state index contributed by atoms with van der Waals surface area (Å²) in [4.78, 5) is 8.89. The largest absolute Gasteiger partial charge is 0.355 e. The van der Waals surface area contributed by atoms with Gasteiger partial charge in [-0.2, -0.15) is 0 Å². The number of rotatable bonds is 4. The Morgan fingerprint density at radius 1 is 0.857 bits per heavy atom. The molecule has 2 aromatic heterocycles. The number of pyridine rings is 1. The van der Waals surface area contributed by atoms with E-state index in [0.717, 1.165) is 10.6 Å². The van der Waals surface area contributed by atoms with Crippen molar-refractivity contribution in [3.63, 3.8) is 0 Å². The zero-order valence-electron chi connectivity index (χ0n) is 15.5. The zero-order chi connectivity index (χ0) is 18.9. The van der Waals surface area contributed by atoms with Crippen LogP contribution in [-0.2, 0) is 0 Å². The minimum atomic E-state index is 0.173. The molecular weight excluding hydrogens is 362 g/mol. The van der Waals surface area contributed by atoms with Crippen LogP contribution in [0, 0.1) is 0 Å². The number of aromatic nitrogens is 2. The van der Waals surface area contributed by atoms with Crippen LogP contribution in [0.4, 0.5) is 5.13 Å². The predicted octanol–water partition coefficient (Wildman–Crippen LogP) is 6.68. The van der Waals surface area contributed by atoms with Gasteiger partial charge >= 0.3 is 0 Å². The van der Waals surface area contributed by atoms with E-state index >= 15 is 0 Å². The van der Waals surface area contributed by atoms with Gasteiger partial charge < -0.3 is 5.32 Å². The Labute approximate surface area is 167 Å². The van der Waals surface area contributed by atoms with E-state index < -0.39 is 0 Å². The van der Waals surface area contributed by atoms with Gasteiger partial charge in [0, 0.05) is 12.4 Å². The third-order valence-corrected chi connectivity index (χ3v) is 5.98. The number of nitrogens with zero attached hydrogens (tertiary/aromatic N) is 2. The van der Waals surface area contributed by atoms with Crippen LogP contribution in [0.1, 0.15) is 18.5 Å². The molecule has 0 fully saturated rings. The first-order chi connectivity index (χ1) is 13.8. The summed E-state index contributed by atoms with van der Waals surface area (Å²) in [6.07, 6.45) is 3.65. The Morgan fingerprint density at radius 2 is 1.68 bits per heavy atom. The van der Waals surface area contributed by atoms with Crippen molar-refractivity contribution < 1.29 is 0 Å². The maximum absolute atomic E-state index is 4.79. The minimum Gasteiger partial charge on any atom is -0.355 e. The van der Waals surface area contributed by atoms with Crippen LogP contribution in [0.3, 0.4) is 0 Å². The summed E-state index contributed by atoms with van der Waals surface area (Å²) in [5, 5.41) is 7.09. The highest BCUT2D eigenvalue weighted by atomic mass is 32.1. The Balaban J connectivity index is 1.46. The van der Waals surface area contributed by atoms with Crippen LogP contribution in [0.15, 0.2) is 85.2 Å². The molecule has 0 saturated heterocycles. The lowest BCUT2D eigenvalue weighted by Crippen LogP contribution is -2.06. The van der Waals surface area contributed by atoms with Gasteiger partial charge in [-0.15, -0.1) is 0 Å². The van der Waals surface area contributed by atoms with Crippen molar-refractivity contribution in [2.24, 2.45) is 0 Å². The summed E-state index contributed by atoms with van der Waals surface area (Å²) in [7, 11) is 0. The molecule has 0 bridgehead atoms. The van der Waals surface area contributed by atoms with Gasteiger partial charge in [-0.25, -0.2) is 4.98 Å². The van der Waals surface area contributed by atoms with Crippen molar-refractivity contribution >= 4 is 37.5 Å². The van der Waals surface area contributed by atoms with Crippen molar-refractivity contribution in [2.45, 2.75) is 13.0 Å². The predicted molar refractivity (Wildman–Crippen MR) is 119 cm³/mol. The third-order valence-electron chi connectivity index (χ3n) is 5.03. The van der Waals surface area contributed by atoms with Gasteiger partial charge in [0.2, 0.25) is 0 Å². The molecule has 5 aromatic rings. The summed E-state index contributed by atoms with van der Waals surface area (Å²) in [6, 6.07) is 25.6. The second-order valence-corrected chi connectivity index (χ2v) is 7.90. The molecule has 1 atom stereocenters. The van der Waals surface area contributed by atoms with Crippen molar-refractivity contribution in [3.8, 4) is 11.1 Å².